The zero-order valence-electron chi connectivity index (χ0n) is 12.0. The maximum absolute atomic E-state index is 8.13. The first-order valence-electron chi connectivity index (χ1n) is 7.45. The first-order valence-corrected chi connectivity index (χ1v) is 7.45. The van der Waals surface area contributed by atoms with E-state index in [1.807, 2.05) is 6.07 Å². The molecule has 1 heterocycles. The van der Waals surface area contributed by atoms with Gasteiger partial charge in [-0.05, 0) is 24.4 Å². The molecule has 0 atom stereocenters. The summed E-state index contributed by atoms with van der Waals surface area (Å²) in [6.45, 7) is 1.58. The highest BCUT2D eigenvalue weighted by Gasteiger charge is 1.94. The summed E-state index contributed by atoms with van der Waals surface area (Å²) in [4.78, 5) is 11.0. The Hall–Kier alpha value is -1.81. The summed E-state index contributed by atoms with van der Waals surface area (Å²) in [5.74, 6) is 0.715. The lowest BCUT2D eigenvalue weighted by atomic mass is 10.1. The normalized spacial score (nSPS) is 10.0. The Labute approximate surface area is 120 Å². The van der Waals surface area contributed by atoms with Crippen molar-refractivity contribution in [2.24, 2.45) is 5.11 Å². The van der Waals surface area contributed by atoms with E-state index in [2.05, 4.69) is 25.3 Å². The Morgan fingerprint density at radius 3 is 2.20 bits per heavy atom. The number of unbranched alkanes of at least 4 members (excludes halogenated alkanes) is 7. The van der Waals surface area contributed by atoms with E-state index in [1.165, 1.54) is 38.5 Å². The smallest absolute Gasteiger partial charge is 0.222 e. The van der Waals surface area contributed by atoms with Crippen molar-refractivity contribution in [2.75, 3.05) is 18.4 Å². The molecule has 0 bridgehead atoms. The van der Waals surface area contributed by atoms with Crippen LogP contribution in [0.3, 0.4) is 0 Å². The van der Waals surface area contributed by atoms with E-state index in [9.17, 15) is 0 Å². The molecule has 110 valence electrons. The van der Waals surface area contributed by atoms with Crippen LogP contribution < -0.4 is 5.32 Å². The van der Waals surface area contributed by atoms with Crippen LogP contribution in [0.15, 0.2) is 23.6 Å². The van der Waals surface area contributed by atoms with E-state index in [0.29, 0.717) is 12.5 Å². The molecule has 0 saturated heterocycles. The number of hydrogen-bond acceptors (Lipinski definition) is 4. The van der Waals surface area contributed by atoms with Crippen molar-refractivity contribution in [3.8, 4) is 0 Å². The summed E-state index contributed by atoms with van der Waals surface area (Å²) in [5, 5.41) is 6.74. The fourth-order valence-electron chi connectivity index (χ4n) is 2.00. The molecule has 0 radical (unpaired) electrons. The van der Waals surface area contributed by atoms with Gasteiger partial charge in [0.25, 0.3) is 0 Å². The molecule has 1 aromatic rings. The highest BCUT2D eigenvalue weighted by Crippen LogP contribution is 2.08. The third-order valence-electron chi connectivity index (χ3n) is 3.10. The maximum Gasteiger partial charge on any atom is 0.222 e. The molecule has 1 N–H and O–H groups in total. The number of rotatable bonds is 12. The molecule has 1 aromatic heterocycles. The average molecular weight is 276 g/mol. The van der Waals surface area contributed by atoms with Crippen molar-refractivity contribution < 1.29 is 0 Å². The van der Waals surface area contributed by atoms with E-state index in [1.54, 1.807) is 12.4 Å². The molecular weight excluding hydrogens is 252 g/mol. The van der Waals surface area contributed by atoms with Gasteiger partial charge in [0.15, 0.2) is 0 Å². The molecule has 6 nitrogen and oxygen atoms in total. The highest BCUT2D eigenvalue weighted by atomic mass is 15.1. The zero-order valence-corrected chi connectivity index (χ0v) is 12.0. The Morgan fingerprint density at radius 2 is 1.55 bits per heavy atom. The Balaban J connectivity index is 1.80. The minimum Gasteiger partial charge on any atom is -0.354 e. The summed E-state index contributed by atoms with van der Waals surface area (Å²) in [6, 6.07) is 1.82. The van der Waals surface area contributed by atoms with Crippen LogP contribution in [-0.2, 0) is 0 Å². The standard InChI is InChI=1S/C14H24N6/c15-20-19-13-8-6-4-2-1-3-5-7-10-16-14-17-11-9-12-18-14/h9,11-12H,1-8,10,13H2,(H,16,17,18). The van der Waals surface area contributed by atoms with Gasteiger partial charge >= 0.3 is 0 Å². The van der Waals surface area contributed by atoms with Crippen molar-refractivity contribution in [3.63, 3.8) is 0 Å². The number of hydrogen-bond donors (Lipinski definition) is 1. The molecule has 6 heteroatoms. The molecule has 0 aliphatic rings. The van der Waals surface area contributed by atoms with Gasteiger partial charge in [0.1, 0.15) is 0 Å². The predicted molar refractivity (Wildman–Crippen MR) is 81.5 cm³/mol. The van der Waals surface area contributed by atoms with E-state index >= 15 is 0 Å². The molecule has 1 rings (SSSR count). The first kappa shape index (κ1) is 16.2. The van der Waals surface area contributed by atoms with Crippen LogP contribution in [0.1, 0.15) is 51.4 Å². The van der Waals surface area contributed by atoms with Crippen LogP contribution in [0.5, 0.6) is 0 Å². The van der Waals surface area contributed by atoms with Gasteiger partial charge in [-0.2, -0.15) is 0 Å². The van der Waals surface area contributed by atoms with Gasteiger partial charge in [0, 0.05) is 30.4 Å². The summed E-state index contributed by atoms with van der Waals surface area (Å²) in [7, 11) is 0. The number of azide groups is 1. The largest absolute Gasteiger partial charge is 0.354 e. The van der Waals surface area contributed by atoms with Gasteiger partial charge in [-0.1, -0.05) is 43.6 Å². The second-order valence-electron chi connectivity index (χ2n) is 4.78. The molecule has 0 unspecified atom stereocenters. The van der Waals surface area contributed by atoms with Crippen molar-refractivity contribution in [3.05, 3.63) is 28.9 Å². The van der Waals surface area contributed by atoms with Crippen LogP contribution in [0, 0.1) is 0 Å². The minimum atomic E-state index is 0.643. The quantitative estimate of drug-likeness (QED) is 0.267. The summed E-state index contributed by atoms with van der Waals surface area (Å²) in [5.41, 5.74) is 8.13. The topological polar surface area (TPSA) is 86.6 Å². The number of aromatic nitrogens is 2. The van der Waals surface area contributed by atoms with E-state index < -0.39 is 0 Å². The monoisotopic (exact) mass is 276 g/mol. The Kier molecular flexibility index (Phi) is 9.94. The minimum absolute atomic E-state index is 0.643. The Bertz CT molecular complexity index is 375. The van der Waals surface area contributed by atoms with Crippen LogP contribution >= 0.6 is 0 Å². The van der Waals surface area contributed by atoms with Crippen LogP contribution in [0.2, 0.25) is 0 Å². The maximum atomic E-state index is 8.13. The SMILES string of the molecule is [N-]=[N+]=NCCCCCCCCCCNc1ncccn1. The fourth-order valence-corrected chi connectivity index (χ4v) is 2.00. The first-order chi connectivity index (χ1) is 9.93. The van der Waals surface area contributed by atoms with Gasteiger partial charge in [-0.25, -0.2) is 9.97 Å². The second kappa shape index (κ2) is 12.2. The summed E-state index contributed by atoms with van der Waals surface area (Å²) < 4.78 is 0. The van der Waals surface area contributed by atoms with Gasteiger partial charge < -0.3 is 5.32 Å². The van der Waals surface area contributed by atoms with Crippen molar-refractivity contribution in [2.45, 2.75) is 51.4 Å². The highest BCUT2D eigenvalue weighted by molar-refractivity contribution is 5.21. The third-order valence-corrected chi connectivity index (χ3v) is 3.10. The summed E-state index contributed by atoms with van der Waals surface area (Å²) in [6.07, 6.45) is 13.2. The molecule has 20 heavy (non-hydrogen) atoms. The lowest BCUT2D eigenvalue weighted by Crippen LogP contribution is -2.04. The lowest BCUT2D eigenvalue weighted by Gasteiger charge is -2.04. The molecule has 0 aliphatic carbocycles. The van der Waals surface area contributed by atoms with Gasteiger partial charge in [-0.3, -0.25) is 0 Å². The molecule has 0 fully saturated rings. The van der Waals surface area contributed by atoms with Crippen molar-refractivity contribution >= 4 is 5.95 Å². The van der Waals surface area contributed by atoms with E-state index in [4.69, 9.17) is 5.53 Å². The molecule has 0 aromatic carbocycles. The van der Waals surface area contributed by atoms with Gasteiger partial charge in [-0.15, -0.1) is 0 Å². The van der Waals surface area contributed by atoms with Gasteiger partial charge in [0.2, 0.25) is 5.95 Å². The number of anilines is 1. The molecule has 0 saturated carbocycles. The summed E-state index contributed by atoms with van der Waals surface area (Å²) >= 11 is 0. The van der Waals surface area contributed by atoms with E-state index in [0.717, 1.165) is 19.4 Å². The van der Waals surface area contributed by atoms with Crippen molar-refractivity contribution in [1.82, 2.24) is 9.97 Å². The molecule has 0 amide bonds. The molecule has 0 aliphatic heterocycles. The average Bonchev–Trinajstić information content (AvgIpc) is 2.49. The Morgan fingerprint density at radius 1 is 0.950 bits per heavy atom. The lowest BCUT2D eigenvalue weighted by molar-refractivity contribution is 0.574. The van der Waals surface area contributed by atoms with Crippen molar-refractivity contribution in [1.29, 1.82) is 0 Å². The number of nitrogens with one attached hydrogen (secondary N) is 1. The van der Waals surface area contributed by atoms with Crippen LogP contribution in [-0.4, -0.2) is 23.1 Å². The van der Waals surface area contributed by atoms with Gasteiger partial charge in [0.05, 0.1) is 0 Å². The van der Waals surface area contributed by atoms with E-state index in [-0.39, 0.29) is 0 Å². The van der Waals surface area contributed by atoms with Crippen LogP contribution in [0.25, 0.3) is 10.4 Å². The predicted octanol–water partition coefficient (Wildman–Crippen LogP) is 4.32. The molecular formula is C14H24N6. The second-order valence-corrected chi connectivity index (χ2v) is 4.78. The molecule has 0 spiro atoms. The number of nitrogens with zero attached hydrogens (tertiary/aromatic N) is 5. The zero-order chi connectivity index (χ0) is 14.3. The van der Waals surface area contributed by atoms with Crippen LogP contribution in [0.4, 0.5) is 5.95 Å². The fraction of sp³-hybridized carbons (Fsp3) is 0.714. The third kappa shape index (κ3) is 9.16.